The average molecular weight is 248 g/mol. The van der Waals surface area contributed by atoms with Crippen molar-refractivity contribution in [2.24, 2.45) is 7.05 Å². The number of aryl methyl sites for hydroxylation is 1. The molecule has 3 heterocycles. The van der Waals surface area contributed by atoms with Gasteiger partial charge in [-0.15, -0.1) is 11.3 Å². The van der Waals surface area contributed by atoms with E-state index in [2.05, 4.69) is 26.8 Å². The molecule has 0 aliphatic carbocycles. The highest BCUT2D eigenvalue weighted by atomic mass is 32.1. The first-order valence-electron chi connectivity index (χ1n) is 6.00. The molecular weight excluding hydrogens is 232 g/mol. The Hall–Kier alpha value is -1.20. The highest BCUT2D eigenvalue weighted by molar-refractivity contribution is 7.13. The molecule has 1 aliphatic rings. The summed E-state index contributed by atoms with van der Waals surface area (Å²) in [5.74, 6) is 1.93. The largest absolute Gasteiger partial charge is 0.314 e. The monoisotopic (exact) mass is 248 g/mol. The third-order valence-electron chi connectivity index (χ3n) is 3.19. The molecule has 90 valence electrons. The van der Waals surface area contributed by atoms with Crippen molar-refractivity contribution in [3.63, 3.8) is 0 Å². The molecule has 0 saturated carbocycles. The zero-order chi connectivity index (χ0) is 11.7. The van der Waals surface area contributed by atoms with Gasteiger partial charge in [0.2, 0.25) is 0 Å². The van der Waals surface area contributed by atoms with E-state index >= 15 is 0 Å². The second-order valence-electron chi connectivity index (χ2n) is 4.45. The van der Waals surface area contributed by atoms with E-state index < -0.39 is 0 Å². The summed E-state index contributed by atoms with van der Waals surface area (Å²) < 4.78 is 1.91. The molecule has 17 heavy (non-hydrogen) atoms. The second kappa shape index (κ2) is 4.58. The van der Waals surface area contributed by atoms with Crippen LogP contribution in [0.15, 0.2) is 17.5 Å². The van der Waals surface area contributed by atoms with Gasteiger partial charge in [0.15, 0.2) is 5.82 Å². The Morgan fingerprint density at radius 1 is 1.59 bits per heavy atom. The van der Waals surface area contributed by atoms with Crippen molar-refractivity contribution in [2.45, 2.75) is 25.3 Å². The van der Waals surface area contributed by atoms with Gasteiger partial charge in [-0.2, -0.15) is 5.10 Å². The van der Waals surface area contributed by atoms with Gasteiger partial charge in [-0.3, -0.25) is 4.68 Å². The fourth-order valence-corrected chi connectivity index (χ4v) is 2.91. The molecule has 2 aromatic rings. The third-order valence-corrected chi connectivity index (χ3v) is 4.05. The molecule has 1 unspecified atom stereocenters. The molecule has 0 spiro atoms. The van der Waals surface area contributed by atoms with E-state index in [4.69, 9.17) is 0 Å². The summed E-state index contributed by atoms with van der Waals surface area (Å²) >= 11 is 1.69. The summed E-state index contributed by atoms with van der Waals surface area (Å²) in [4.78, 5) is 5.78. The summed E-state index contributed by atoms with van der Waals surface area (Å²) in [6.45, 7) is 1.14. The van der Waals surface area contributed by atoms with Crippen LogP contribution in [0.3, 0.4) is 0 Å². The minimum atomic E-state index is 0.578. The van der Waals surface area contributed by atoms with Crippen LogP contribution in [0.25, 0.3) is 10.7 Å². The van der Waals surface area contributed by atoms with E-state index in [0.717, 1.165) is 29.5 Å². The SMILES string of the molecule is Cn1nc(-c2cccs2)nc1CC1CCCN1. The van der Waals surface area contributed by atoms with Crippen LogP contribution >= 0.6 is 11.3 Å². The summed E-state index contributed by atoms with van der Waals surface area (Å²) in [5.41, 5.74) is 0. The normalized spacial score (nSPS) is 19.9. The molecule has 2 aromatic heterocycles. The lowest BCUT2D eigenvalue weighted by molar-refractivity contribution is 0.562. The van der Waals surface area contributed by atoms with Gasteiger partial charge in [-0.05, 0) is 30.8 Å². The number of nitrogens with zero attached hydrogens (tertiary/aromatic N) is 3. The first kappa shape index (κ1) is 10.9. The molecule has 5 heteroatoms. The Kier molecular flexibility index (Phi) is 2.94. The number of rotatable bonds is 3. The lowest BCUT2D eigenvalue weighted by Gasteiger charge is -2.07. The minimum Gasteiger partial charge on any atom is -0.314 e. The highest BCUT2D eigenvalue weighted by Crippen LogP contribution is 2.21. The zero-order valence-corrected chi connectivity index (χ0v) is 10.7. The summed E-state index contributed by atoms with van der Waals surface area (Å²) in [5, 5.41) is 10.0. The van der Waals surface area contributed by atoms with E-state index in [1.807, 2.05) is 17.8 Å². The molecule has 1 saturated heterocycles. The van der Waals surface area contributed by atoms with E-state index in [9.17, 15) is 0 Å². The van der Waals surface area contributed by atoms with Crippen LogP contribution in [-0.4, -0.2) is 27.4 Å². The molecular formula is C12H16N4S. The Morgan fingerprint density at radius 3 is 3.24 bits per heavy atom. The Bertz CT molecular complexity index is 483. The number of thiophene rings is 1. The maximum Gasteiger partial charge on any atom is 0.191 e. The van der Waals surface area contributed by atoms with Gasteiger partial charge in [0.25, 0.3) is 0 Å². The number of hydrogen-bond acceptors (Lipinski definition) is 4. The van der Waals surface area contributed by atoms with Crippen LogP contribution in [-0.2, 0) is 13.5 Å². The lowest BCUT2D eigenvalue weighted by Crippen LogP contribution is -2.25. The average Bonchev–Trinajstić information content (AvgIpc) is 3.02. The quantitative estimate of drug-likeness (QED) is 0.901. The van der Waals surface area contributed by atoms with Gasteiger partial charge in [0, 0.05) is 19.5 Å². The van der Waals surface area contributed by atoms with Gasteiger partial charge < -0.3 is 5.32 Å². The van der Waals surface area contributed by atoms with Crippen LogP contribution in [0.1, 0.15) is 18.7 Å². The van der Waals surface area contributed by atoms with Gasteiger partial charge in [-0.1, -0.05) is 6.07 Å². The van der Waals surface area contributed by atoms with Crippen molar-refractivity contribution >= 4 is 11.3 Å². The zero-order valence-electron chi connectivity index (χ0n) is 9.89. The molecule has 1 aliphatic heterocycles. The Labute approximate surface area is 105 Å². The lowest BCUT2D eigenvalue weighted by atomic mass is 10.1. The first-order valence-corrected chi connectivity index (χ1v) is 6.88. The maximum atomic E-state index is 4.64. The fraction of sp³-hybridized carbons (Fsp3) is 0.500. The summed E-state index contributed by atoms with van der Waals surface area (Å²) in [6, 6.07) is 4.68. The molecule has 0 amide bonds. The van der Waals surface area contributed by atoms with Gasteiger partial charge in [0.05, 0.1) is 4.88 Å². The Balaban J connectivity index is 1.80. The Morgan fingerprint density at radius 2 is 2.53 bits per heavy atom. The number of aromatic nitrogens is 3. The number of hydrogen-bond donors (Lipinski definition) is 1. The predicted molar refractivity (Wildman–Crippen MR) is 69.0 cm³/mol. The predicted octanol–water partition coefficient (Wildman–Crippen LogP) is 1.84. The van der Waals surface area contributed by atoms with E-state index in [1.165, 1.54) is 12.8 Å². The minimum absolute atomic E-state index is 0.578. The molecule has 4 nitrogen and oxygen atoms in total. The van der Waals surface area contributed by atoms with Crippen molar-refractivity contribution in [3.8, 4) is 10.7 Å². The second-order valence-corrected chi connectivity index (χ2v) is 5.40. The van der Waals surface area contributed by atoms with E-state index in [1.54, 1.807) is 11.3 Å². The van der Waals surface area contributed by atoms with Gasteiger partial charge in [-0.25, -0.2) is 4.98 Å². The fourth-order valence-electron chi connectivity index (χ4n) is 2.26. The molecule has 0 bridgehead atoms. The third kappa shape index (κ3) is 2.25. The van der Waals surface area contributed by atoms with Crippen molar-refractivity contribution in [1.29, 1.82) is 0 Å². The van der Waals surface area contributed by atoms with Crippen LogP contribution in [0, 0.1) is 0 Å². The maximum absolute atomic E-state index is 4.64. The standard InChI is InChI=1S/C12H16N4S/c1-16-11(8-9-4-2-6-13-9)14-12(15-16)10-5-3-7-17-10/h3,5,7,9,13H,2,4,6,8H2,1H3. The van der Waals surface area contributed by atoms with Crippen LogP contribution in [0.2, 0.25) is 0 Å². The van der Waals surface area contributed by atoms with Gasteiger partial charge >= 0.3 is 0 Å². The van der Waals surface area contributed by atoms with Crippen molar-refractivity contribution < 1.29 is 0 Å². The molecule has 1 atom stereocenters. The molecule has 0 radical (unpaired) electrons. The number of nitrogens with one attached hydrogen (secondary N) is 1. The molecule has 1 N–H and O–H groups in total. The van der Waals surface area contributed by atoms with E-state index in [0.29, 0.717) is 6.04 Å². The first-order chi connectivity index (χ1) is 8.33. The van der Waals surface area contributed by atoms with Crippen LogP contribution in [0.4, 0.5) is 0 Å². The smallest absolute Gasteiger partial charge is 0.191 e. The van der Waals surface area contributed by atoms with Crippen molar-refractivity contribution in [1.82, 2.24) is 20.1 Å². The van der Waals surface area contributed by atoms with Crippen molar-refractivity contribution in [2.75, 3.05) is 6.54 Å². The van der Waals surface area contributed by atoms with E-state index in [-0.39, 0.29) is 0 Å². The topological polar surface area (TPSA) is 42.7 Å². The van der Waals surface area contributed by atoms with Crippen LogP contribution < -0.4 is 5.32 Å². The molecule has 1 fully saturated rings. The van der Waals surface area contributed by atoms with Gasteiger partial charge in [0.1, 0.15) is 5.82 Å². The molecule has 0 aromatic carbocycles. The van der Waals surface area contributed by atoms with Crippen molar-refractivity contribution in [3.05, 3.63) is 23.3 Å². The van der Waals surface area contributed by atoms with Crippen LogP contribution in [0.5, 0.6) is 0 Å². The summed E-state index contributed by atoms with van der Waals surface area (Å²) in [7, 11) is 1.98. The summed E-state index contributed by atoms with van der Waals surface area (Å²) in [6.07, 6.45) is 3.51. The molecule has 3 rings (SSSR count). The highest BCUT2D eigenvalue weighted by Gasteiger charge is 2.18.